The van der Waals surface area contributed by atoms with Gasteiger partial charge in [-0.25, -0.2) is 9.78 Å². The molecule has 1 aromatic heterocycles. The Morgan fingerprint density at radius 2 is 1.72 bits per heavy atom. The van der Waals surface area contributed by atoms with Crippen molar-refractivity contribution in [1.29, 1.82) is 0 Å². The van der Waals surface area contributed by atoms with Crippen molar-refractivity contribution in [2.75, 3.05) is 5.32 Å². The summed E-state index contributed by atoms with van der Waals surface area (Å²) in [6, 6.07) is 11.6. The van der Waals surface area contributed by atoms with Crippen LogP contribution in [0.2, 0.25) is 10.3 Å². The van der Waals surface area contributed by atoms with Gasteiger partial charge in [-0.1, -0.05) is 41.4 Å². The Kier molecular flexibility index (Phi) is 4.02. The summed E-state index contributed by atoms with van der Waals surface area (Å²) < 4.78 is 5.04. The van der Waals surface area contributed by atoms with Crippen molar-refractivity contribution in [2.45, 2.75) is 0 Å². The molecule has 0 saturated carbocycles. The van der Waals surface area contributed by atoms with Gasteiger partial charge < -0.3 is 4.74 Å². The van der Waals surface area contributed by atoms with Gasteiger partial charge in [-0.15, -0.1) is 0 Å². The third-order valence-corrected chi connectivity index (χ3v) is 2.35. The zero-order valence-electron chi connectivity index (χ0n) is 9.06. The number of anilines is 1. The molecule has 1 heterocycles. The van der Waals surface area contributed by atoms with E-state index in [9.17, 15) is 4.79 Å². The first-order valence-electron chi connectivity index (χ1n) is 5.00. The predicted octanol–water partition coefficient (Wildman–Crippen LogP) is 4.00. The van der Waals surface area contributed by atoms with Crippen LogP contribution in [0.25, 0.3) is 0 Å². The van der Waals surface area contributed by atoms with Crippen molar-refractivity contribution < 1.29 is 9.53 Å². The van der Waals surface area contributed by atoms with Gasteiger partial charge in [0.05, 0.1) is 5.69 Å². The molecule has 1 aromatic carbocycles. The van der Waals surface area contributed by atoms with E-state index in [1.807, 2.05) is 6.07 Å². The van der Waals surface area contributed by atoms with Crippen LogP contribution in [0.1, 0.15) is 0 Å². The fourth-order valence-electron chi connectivity index (χ4n) is 1.28. The SMILES string of the molecule is O=C(Nc1cc(Cl)nc(Cl)c1)Oc1ccccc1. The van der Waals surface area contributed by atoms with E-state index in [-0.39, 0.29) is 10.3 Å². The monoisotopic (exact) mass is 282 g/mol. The van der Waals surface area contributed by atoms with Crippen LogP contribution in [0.15, 0.2) is 42.5 Å². The molecule has 92 valence electrons. The minimum absolute atomic E-state index is 0.192. The van der Waals surface area contributed by atoms with Gasteiger partial charge >= 0.3 is 6.09 Å². The van der Waals surface area contributed by atoms with Crippen LogP contribution < -0.4 is 10.1 Å². The molecule has 0 aliphatic rings. The van der Waals surface area contributed by atoms with Gasteiger partial charge in [0.25, 0.3) is 0 Å². The average Bonchev–Trinajstić information content (AvgIpc) is 2.28. The van der Waals surface area contributed by atoms with Gasteiger partial charge in [0.2, 0.25) is 0 Å². The fourth-order valence-corrected chi connectivity index (χ4v) is 1.74. The standard InChI is InChI=1S/C12H8Cl2N2O2/c13-10-6-8(7-11(14)16-10)15-12(17)18-9-4-2-1-3-5-9/h1-7H,(H,15,16,17). The van der Waals surface area contributed by atoms with Crippen LogP contribution in [0.5, 0.6) is 5.75 Å². The van der Waals surface area contributed by atoms with Gasteiger partial charge in [0, 0.05) is 0 Å². The minimum atomic E-state index is -0.625. The zero-order chi connectivity index (χ0) is 13.0. The van der Waals surface area contributed by atoms with Crippen molar-refractivity contribution >= 4 is 35.0 Å². The molecule has 1 N–H and O–H groups in total. The van der Waals surface area contributed by atoms with E-state index in [0.29, 0.717) is 11.4 Å². The number of rotatable bonds is 2. The lowest BCUT2D eigenvalue weighted by molar-refractivity contribution is 0.215. The number of benzene rings is 1. The molecular weight excluding hydrogens is 275 g/mol. The Morgan fingerprint density at radius 3 is 2.33 bits per heavy atom. The minimum Gasteiger partial charge on any atom is -0.410 e. The lowest BCUT2D eigenvalue weighted by atomic mass is 10.3. The summed E-state index contributed by atoms with van der Waals surface area (Å²) in [7, 11) is 0. The largest absolute Gasteiger partial charge is 0.417 e. The van der Waals surface area contributed by atoms with Crippen molar-refractivity contribution in [2.24, 2.45) is 0 Å². The second-order valence-corrected chi connectivity index (χ2v) is 4.10. The molecule has 0 atom stereocenters. The van der Waals surface area contributed by atoms with Gasteiger partial charge in [-0.05, 0) is 24.3 Å². The molecule has 2 aromatic rings. The predicted molar refractivity (Wildman–Crippen MR) is 70.3 cm³/mol. The molecule has 6 heteroatoms. The van der Waals surface area contributed by atoms with E-state index in [1.54, 1.807) is 24.3 Å². The summed E-state index contributed by atoms with van der Waals surface area (Å²) in [5, 5.41) is 2.89. The number of hydrogen-bond donors (Lipinski definition) is 1. The highest BCUT2D eigenvalue weighted by Crippen LogP contribution is 2.19. The summed E-state index contributed by atoms with van der Waals surface area (Å²) >= 11 is 11.4. The van der Waals surface area contributed by atoms with Crippen molar-refractivity contribution in [3.05, 3.63) is 52.8 Å². The van der Waals surface area contributed by atoms with Gasteiger partial charge in [0.15, 0.2) is 0 Å². The maximum atomic E-state index is 11.6. The van der Waals surface area contributed by atoms with Crippen molar-refractivity contribution in [1.82, 2.24) is 4.98 Å². The van der Waals surface area contributed by atoms with E-state index in [4.69, 9.17) is 27.9 Å². The van der Waals surface area contributed by atoms with Crippen LogP contribution in [-0.4, -0.2) is 11.1 Å². The number of hydrogen-bond acceptors (Lipinski definition) is 3. The maximum absolute atomic E-state index is 11.6. The summed E-state index contributed by atoms with van der Waals surface area (Å²) in [5.41, 5.74) is 0.418. The molecule has 2 rings (SSSR count). The normalized spacial score (nSPS) is 9.89. The smallest absolute Gasteiger partial charge is 0.410 e. The number of amides is 1. The van der Waals surface area contributed by atoms with E-state index < -0.39 is 6.09 Å². The molecule has 0 aliphatic carbocycles. The molecule has 0 fully saturated rings. The van der Waals surface area contributed by atoms with E-state index in [2.05, 4.69) is 10.3 Å². The quantitative estimate of drug-likeness (QED) is 0.847. The highest BCUT2D eigenvalue weighted by Gasteiger charge is 2.06. The molecular formula is C12H8Cl2N2O2. The Labute approximate surface area is 114 Å². The number of nitrogens with one attached hydrogen (secondary N) is 1. The molecule has 0 bridgehead atoms. The number of carbonyl (C=O) groups excluding carboxylic acids is 1. The fraction of sp³-hybridized carbons (Fsp3) is 0. The van der Waals surface area contributed by atoms with Gasteiger partial charge in [0.1, 0.15) is 16.1 Å². The van der Waals surface area contributed by atoms with Gasteiger partial charge in [-0.3, -0.25) is 5.32 Å². The first kappa shape index (κ1) is 12.7. The molecule has 0 aliphatic heterocycles. The molecule has 0 saturated heterocycles. The number of pyridine rings is 1. The lowest BCUT2D eigenvalue weighted by Crippen LogP contribution is -2.16. The van der Waals surface area contributed by atoms with E-state index >= 15 is 0 Å². The van der Waals surface area contributed by atoms with Crippen LogP contribution in [0.4, 0.5) is 10.5 Å². The second kappa shape index (κ2) is 5.71. The van der Waals surface area contributed by atoms with Crippen molar-refractivity contribution in [3.63, 3.8) is 0 Å². The highest BCUT2D eigenvalue weighted by atomic mass is 35.5. The number of para-hydroxylation sites is 1. The Morgan fingerprint density at radius 1 is 1.11 bits per heavy atom. The Bertz CT molecular complexity index is 541. The number of aromatic nitrogens is 1. The third kappa shape index (κ3) is 3.61. The van der Waals surface area contributed by atoms with Gasteiger partial charge in [-0.2, -0.15) is 0 Å². The maximum Gasteiger partial charge on any atom is 0.417 e. The summed E-state index contributed by atoms with van der Waals surface area (Å²) in [5.74, 6) is 0.446. The number of ether oxygens (including phenoxy) is 1. The molecule has 18 heavy (non-hydrogen) atoms. The first-order valence-corrected chi connectivity index (χ1v) is 5.76. The summed E-state index contributed by atoms with van der Waals surface area (Å²) in [4.78, 5) is 15.3. The molecule has 0 spiro atoms. The Hall–Kier alpha value is -1.78. The molecule has 1 amide bonds. The topological polar surface area (TPSA) is 51.2 Å². The third-order valence-electron chi connectivity index (χ3n) is 1.96. The molecule has 4 nitrogen and oxygen atoms in total. The number of carbonyl (C=O) groups is 1. The molecule has 0 unspecified atom stereocenters. The summed E-state index contributed by atoms with van der Waals surface area (Å²) in [6.45, 7) is 0. The van der Waals surface area contributed by atoms with Crippen LogP contribution in [0, 0.1) is 0 Å². The molecule has 0 radical (unpaired) electrons. The average molecular weight is 283 g/mol. The van der Waals surface area contributed by atoms with E-state index in [0.717, 1.165) is 0 Å². The zero-order valence-corrected chi connectivity index (χ0v) is 10.6. The lowest BCUT2D eigenvalue weighted by Gasteiger charge is -2.06. The highest BCUT2D eigenvalue weighted by molar-refractivity contribution is 6.32. The van der Waals surface area contributed by atoms with Crippen LogP contribution in [-0.2, 0) is 0 Å². The first-order chi connectivity index (χ1) is 8.63. The number of halogens is 2. The number of nitrogens with zero attached hydrogens (tertiary/aromatic N) is 1. The Balaban J connectivity index is 2.03. The van der Waals surface area contributed by atoms with Crippen LogP contribution in [0.3, 0.4) is 0 Å². The van der Waals surface area contributed by atoms with Crippen molar-refractivity contribution in [3.8, 4) is 5.75 Å². The second-order valence-electron chi connectivity index (χ2n) is 3.33. The van der Waals surface area contributed by atoms with Crippen LogP contribution >= 0.6 is 23.2 Å². The summed E-state index contributed by atoms with van der Waals surface area (Å²) in [6.07, 6.45) is -0.625. The van der Waals surface area contributed by atoms with E-state index in [1.165, 1.54) is 12.1 Å².